The third-order valence-electron chi connectivity index (χ3n) is 4.81. The van der Waals surface area contributed by atoms with Gasteiger partial charge in [-0.2, -0.15) is 4.98 Å². The molecule has 1 fully saturated rings. The summed E-state index contributed by atoms with van der Waals surface area (Å²) in [5.41, 5.74) is 2.30. The summed E-state index contributed by atoms with van der Waals surface area (Å²) < 4.78 is 11.1. The fourth-order valence-corrected chi connectivity index (χ4v) is 3.48. The van der Waals surface area contributed by atoms with Gasteiger partial charge in [0.2, 0.25) is 5.91 Å². The molecule has 4 rings (SSSR count). The van der Waals surface area contributed by atoms with Crippen LogP contribution in [0.3, 0.4) is 0 Å². The second kappa shape index (κ2) is 7.60. The lowest BCUT2D eigenvalue weighted by molar-refractivity contribution is -0.125. The average molecular weight is 389 g/mol. The molecular formula is C19H21ClN4O3. The SMILES string of the molecule is CCc1cc(CNC(=O)C2CCCN(c3nc4cc(Cl)ccc4o3)C2)on1. The molecule has 0 spiro atoms. The van der Waals surface area contributed by atoms with Gasteiger partial charge in [-0.25, -0.2) is 0 Å². The lowest BCUT2D eigenvalue weighted by Crippen LogP contribution is -2.43. The highest BCUT2D eigenvalue weighted by Crippen LogP contribution is 2.28. The third-order valence-corrected chi connectivity index (χ3v) is 5.04. The van der Waals surface area contributed by atoms with Gasteiger partial charge in [-0.15, -0.1) is 0 Å². The normalized spacial score (nSPS) is 17.4. The zero-order valence-electron chi connectivity index (χ0n) is 15.1. The van der Waals surface area contributed by atoms with E-state index in [2.05, 4.69) is 15.5 Å². The Bertz CT molecular complexity index is 951. The molecule has 1 N–H and O–H groups in total. The summed E-state index contributed by atoms with van der Waals surface area (Å²) >= 11 is 6.01. The molecule has 1 unspecified atom stereocenters. The van der Waals surface area contributed by atoms with Crippen LogP contribution in [0.25, 0.3) is 11.1 Å². The van der Waals surface area contributed by atoms with E-state index in [0.717, 1.165) is 37.0 Å². The summed E-state index contributed by atoms with van der Waals surface area (Å²) in [7, 11) is 0. The van der Waals surface area contributed by atoms with Gasteiger partial charge in [-0.05, 0) is 37.5 Å². The van der Waals surface area contributed by atoms with Crippen LogP contribution in [0.4, 0.5) is 6.01 Å². The minimum absolute atomic E-state index is 0.00769. The standard InChI is InChI=1S/C19H21ClN4O3/c1-2-14-9-15(27-23-14)10-21-18(25)12-4-3-7-24(11-12)19-22-16-8-13(20)5-6-17(16)26-19/h5-6,8-9,12H,2-4,7,10-11H2,1H3,(H,21,25). The number of piperidine rings is 1. The molecule has 1 atom stereocenters. The van der Waals surface area contributed by atoms with E-state index in [9.17, 15) is 4.79 Å². The van der Waals surface area contributed by atoms with Crippen molar-refractivity contribution in [1.29, 1.82) is 0 Å². The number of benzene rings is 1. The van der Waals surface area contributed by atoms with Gasteiger partial charge in [-0.3, -0.25) is 4.79 Å². The van der Waals surface area contributed by atoms with Gasteiger partial charge in [0.25, 0.3) is 6.01 Å². The van der Waals surface area contributed by atoms with Crippen LogP contribution < -0.4 is 10.2 Å². The van der Waals surface area contributed by atoms with E-state index >= 15 is 0 Å². The molecule has 0 saturated carbocycles. The van der Waals surface area contributed by atoms with Gasteiger partial charge in [-0.1, -0.05) is 23.7 Å². The first kappa shape index (κ1) is 17.9. The minimum atomic E-state index is -0.120. The summed E-state index contributed by atoms with van der Waals surface area (Å²) in [5.74, 6) is 0.558. The highest BCUT2D eigenvalue weighted by molar-refractivity contribution is 6.31. The fourth-order valence-electron chi connectivity index (χ4n) is 3.31. The van der Waals surface area contributed by atoms with E-state index in [1.807, 2.05) is 24.0 Å². The maximum atomic E-state index is 12.6. The molecule has 1 amide bonds. The largest absolute Gasteiger partial charge is 0.423 e. The van der Waals surface area contributed by atoms with Crippen LogP contribution in [-0.2, 0) is 17.8 Å². The van der Waals surface area contributed by atoms with Crippen LogP contribution >= 0.6 is 11.6 Å². The molecular weight excluding hydrogens is 368 g/mol. The van der Waals surface area contributed by atoms with E-state index in [0.29, 0.717) is 35.5 Å². The van der Waals surface area contributed by atoms with Crippen LogP contribution in [-0.4, -0.2) is 29.1 Å². The van der Waals surface area contributed by atoms with Crippen LogP contribution in [0.2, 0.25) is 5.02 Å². The second-order valence-electron chi connectivity index (χ2n) is 6.75. The van der Waals surface area contributed by atoms with Gasteiger partial charge in [0.15, 0.2) is 11.3 Å². The number of aromatic nitrogens is 2. The van der Waals surface area contributed by atoms with Gasteiger partial charge in [0.1, 0.15) is 5.52 Å². The van der Waals surface area contributed by atoms with Crippen molar-refractivity contribution in [1.82, 2.24) is 15.5 Å². The summed E-state index contributed by atoms with van der Waals surface area (Å²) in [6, 6.07) is 7.77. The van der Waals surface area contributed by atoms with Crippen molar-refractivity contribution in [3.8, 4) is 0 Å². The number of carbonyl (C=O) groups excluding carboxylic acids is 1. The van der Waals surface area contributed by atoms with Gasteiger partial charge >= 0.3 is 0 Å². The molecule has 0 radical (unpaired) electrons. The van der Waals surface area contributed by atoms with Crippen molar-refractivity contribution in [2.75, 3.05) is 18.0 Å². The number of aryl methyl sites for hydroxylation is 1. The number of halogens is 1. The number of amides is 1. The maximum Gasteiger partial charge on any atom is 0.298 e. The highest BCUT2D eigenvalue weighted by atomic mass is 35.5. The average Bonchev–Trinajstić information content (AvgIpc) is 3.32. The smallest absolute Gasteiger partial charge is 0.298 e. The van der Waals surface area contributed by atoms with E-state index in [4.69, 9.17) is 20.5 Å². The molecule has 1 aliphatic heterocycles. The first-order valence-corrected chi connectivity index (χ1v) is 9.53. The van der Waals surface area contributed by atoms with Crippen molar-refractivity contribution < 1.29 is 13.7 Å². The monoisotopic (exact) mass is 388 g/mol. The van der Waals surface area contributed by atoms with E-state index < -0.39 is 0 Å². The Hall–Kier alpha value is -2.54. The van der Waals surface area contributed by atoms with Gasteiger partial charge < -0.3 is 19.2 Å². The summed E-state index contributed by atoms with van der Waals surface area (Å²) in [6.07, 6.45) is 2.55. The first-order valence-electron chi connectivity index (χ1n) is 9.15. The number of carbonyl (C=O) groups is 1. The molecule has 3 heterocycles. The molecule has 1 saturated heterocycles. The molecule has 8 heteroatoms. The number of nitrogens with zero attached hydrogens (tertiary/aromatic N) is 3. The number of nitrogens with one attached hydrogen (secondary N) is 1. The minimum Gasteiger partial charge on any atom is -0.423 e. The van der Waals surface area contributed by atoms with Crippen molar-refractivity contribution >= 4 is 34.6 Å². The number of rotatable bonds is 5. The second-order valence-corrected chi connectivity index (χ2v) is 7.19. The van der Waals surface area contributed by atoms with Gasteiger partial charge in [0.05, 0.1) is 18.2 Å². The zero-order valence-corrected chi connectivity index (χ0v) is 15.8. The molecule has 7 nitrogen and oxygen atoms in total. The van der Waals surface area contributed by atoms with Crippen LogP contribution in [0, 0.1) is 5.92 Å². The highest BCUT2D eigenvalue weighted by Gasteiger charge is 2.28. The summed E-state index contributed by atoms with van der Waals surface area (Å²) in [4.78, 5) is 19.1. The number of fused-ring (bicyclic) bond motifs is 1. The summed E-state index contributed by atoms with van der Waals surface area (Å²) in [6.45, 7) is 3.75. The number of hydrogen-bond acceptors (Lipinski definition) is 6. The van der Waals surface area contributed by atoms with E-state index in [-0.39, 0.29) is 11.8 Å². The van der Waals surface area contributed by atoms with E-state index in [1.165, 1.54) is 0 Å². The van der Waals surface area contributed by atoms with E-state index in [1.54, 1.807) is 12.1 Å². The first-order chi connectivity index (χ1) is 13.1. The molecule has 1 aliphatic rings. The lowest BCUT2D eigenvalue weighted by atomic mass is 9.97. The molecule has 27 heavy (non-hydrogen) atoms. The quantitative estimate of drug-likeness (QED) is 0.719. The number of hydrogen-bond donors (Lipinski definition) is 1. The Labute approximate surface area is 161 Å². The molecule has 1 aromatic carbocycles. The Morgan fingerprint density at radius 3 is 3.11 bits per heavy atom. The van der Waals surface area contributed by atoms with Crippen molar-refractivity contribution in [3.05, 3.63) is 40.7 Å². The van der Waals surface area contributed by atoms with Crippen molar-refractivity contribution in [2.24, 2.45) is 5.92 Å². The number of oxazole rings is 1. The van der Waals surface area contributed by atoms with Crippen LogP contribution in [0.5, 0.6) is 0 Å². The summed E-state index contributed by atoms with van der Waals surface area (Å²) in [5, 5.41) is 7.51. The molecule has 3 aromatic rings. The van der Waals surface area contributed by atoms with Crippen LogP contribution in [0.1, 0.15) is 31.2 Å². The Morgan fingerprint density at radius 1 is 1.41 bits per heavy atom. The Balaban J connectivity index is 1.39. The van der Waals surface area contributed by atoms with Crippen LogP contribution in [0.15, 0.2) is 33.2 Å². The van der Waals surface area contributed by atoms with Gasteiger partial charge in [0, 0.05) is 24.2 Å². The number of anilines is 1. The molecule has 0 bridgehead atoms. The molecule has 142 valence electrons. The molecule has 0 aliphatic carbocycles. The van der Waals surface area contributed by atoms with Crippen molar-refractivity contribution in [2.45, 2.75) is 32.7 Å². The zero-order chi connectivity index (χ0) is 18.8. The fraction of sp³-hybridized carbons (Fsp3) is 0.421. The van der Waals surface area contributed by atoms with Crippen molar-refractivity contribution in [3.63, 3.8) is 0 Å². The molecule has 2 aromatic heterocycles. The third kappa shape index (κ3) is 3.93. The predicted molar refractivity (Wildman–Crippen MR) is 102 cm³/mol. The maximum absolute atomic E-state index is 12.6. The predicted octanol–water partition coefficient (Wildman–Crippen LogP) is 3.56. The lowest BCUT2D eigenvalue weighted by Gasteiger charge is -2.30. The topological polar surface area (TPSA) is 84.4 Å². The Kier molecular flexibility index (Phi) is 5.03. The Morgan fingerprint density at radius 2 is 2.30 bits per heavy atom.